The van der Waals surface area contributed by atoms with Crippen LogP contribution in [-0.2, 0) is 7.05 Å². The first-order valence-electron chi connectivity index (χ1n) is 7.18. The topological polar surface area (TPSA) is 85.8 Å². The van der Waals surface area contributed by atoms with Crippen molar-refractivity contribution in [3.63, 3.8) is 0 Å². The molecule has 1 saturated heterocycles. The second kappa shape index (κ2) is 5.21. The number of hydrogen-bond acceptors (Lipinski definition) is 7. The van der Waals surface area contributed by atoms with Crippen LogP contribution in [0.5, 0.6) is 0 Å². The van der Waals surface area contributed by atoms with Crippen molar-refractivity contribution in [3.05, 3.63) is 36.6 Å². The van der Waals surface area contributed by atoms with Crippen molar-refractivity contribution in [2.75, 3.05) is 11.4 Å². The largest absolute Gasteiger partial charge is 0.337 e. The molecule has 0 saturated carbocycles. The van der Waals surface area contributed by atoms with Crippen LogP contribution in [0.1, 0.15) is 24.8 Å². The minimum atomic E-state index is 0.0207. The highest BCUT2D eigenvalue weighted by Crippen LogP contribution is 2.33. The number of rotatable bonds is 3. The lowest BCUT2D eigenvalue weighted by Crippen LogP contribution is -2.24. The van der Waals surface area contributed by atoms with E-state index in [1.54, 1.807) is 23.1 Å². The van der Waals surface area contributed by atoms with Gasteiger partial charge in [0.1, 0.15) is 11.7 Å². The Kier molecular flexibility index (Phi) is 3.06. The van der Waals surface area contributed by atoms with E-state index in [0.29, 0.717) is 23.4 Å². The summed E-state index contributed by atoms with van der Waals surface area (Å²) in [7, 11) is 1.86. The lowest BCUT2D eigenvalue weighted by Gasteiger charge is -2.21. The van der Waals surface area contributed by atoms with Gasteiger partial charge in [0.05, 0.1) is 0 Å². The van der Waals surface area contributed by atoms with Crippen molar-refractivity contribution in [3.8, 4) is 11.5 Å². The van der Waals surface area contributed by atoms with E-state index < -0.39 is 0 Å². The molecule has 1 unspecified atom stereocenters. The Balaban J connectivity index is 1.63. The summed E-state index contributed by atoms with van der Waals surface area (Å²) in [5.41, 5.74) is 0.706. The number of aryl methyl sites for hydroxylation is 1. The fraction of sp³-hybridized carbons (Fsp3) is 0.357. The van der Waals surface area contributed by atoms with Gasteiger partial charge in [-0.25, -0.2) is 9.97 Å². The van der Waals surface area contributed by atoms with Gasteiger partial charge in [-0.05, 0) is 25.0 Å². The van der Waals surface area contributed by atoms with Gasteiger partial charge in [0.2, 0.25) is 17.7 Å². The van der Waals surface area contributed by atoms with Gasteiger partial charge in [-0.1, -0.05) is 5.16 Å². The molecular weight excluding hydrogens is 282 g/mol. The monoisotopic (exact) mass is 297 g/mol. The molecule has 3 aromatic rings. The first-order valence-corrected chi connectivity index (χ1v) is 7.18. The molecule has 0 spiro atoms. The maximum atomic E-state index is 5.46. The highest BCUT2D eigenvalue weighted by molar-refractivity contribution is 5.47. The Labute approximate surface area is 126 Å². The lowest BCUT2D eigenvalue weighted by molar-refractivity contribution is 0.354. The van der Waals surface area contributed by atoms with Gasteiger partial charge in [0, 0.05) is 32.2 Å². The highest BCUT2D eigenvalue weighted by atomic mass is 16.5. The van der Waals surface area contributed by atoms with Gasteiger partial charge < -0.3 is 9.42 Å². The molecule has 4 heterocycles. The molecule has 0 radical (unpaired) electrons. The molecule has 8 heteroatoms. The third-order valence-corrected chi connectivity index (χ3v) is 3.73. The van der Waals surface area contributed by atoms with E-state index in [4.69, 9.17) is 4.52 Å². The maximum Gasteiger partial charge on any atom is 0.249 e. The summed E-state index contributed by atoms with van der Waals surface area (Å²) in [6.45, 7) is 0.885. The van der Waals surface area contributed by atoms with Crippen molar-refractivity contribution >= 4 is 5.95 Å². The quantitative estimate of drug-likeness (QED) is 0.725. The van der Waals surface area contributed by atoms with E-state index in [0.717, 1.165) is 19.4 Å². The second-order valence-corrected chi connectivity index (χ2v) is 5.23. The van der Waals surface area contributed by atoms with Crippen molar-refractivity contribution in [1.82, 2.24) is 29.9 Å². The first kappa shape index (κ1) is 12.9. The summed E-state index contributed by atoms with van der Waals surface area (Å²) in [6.07, 6.45) is 7.33. The normalized spacial score (nSPS) is 18.0. The Morgan fingerprint density at radius 2 is 2.14 bits per heavy atom. The van der Waals surface area contributed by atoms with Crippen LogP contribution < -0.4 is 4.90 Å². The average Bonchev–Trinajstić information content (AvgIpc) is 3.27. The van der Waals surface area contributed by atoms with Crippen molar-refractivity contribution in [1.29, 1.82) is 0 Å². The molecule has 1 aliphatic rings. The third kappa shape index (κ3) is 2.22. The molecule has 3 aromatic heterocycles. The zero-order chi connectivity index (χ0) is 14.9. The predicted octanol–water partition coefficient (Wildman–Crippen LogP) is 1.60. The lowest BCUT2D eigenvalue weighted by atomic mass is 10.2. The zero-order valence-electron chi connectivity index (χ0n) is 12.1. The van der Waals surface area contributed by atoms with Gasteiger partial charge in [-0.15, -0.1) is 0 Å². The predicted molar refractivity (Wildman–Crippen MR) is 77.9 cm³/mol. The summed E-state index contributed by atoms with van der Waals surface area (Å²) in [6, 6.07) is 3.69. The van der Waals surface area contributed by atoms with E-state index in [1.165, 1.54) is 0 Å². The SMILES string of the molecule is Cn1ccc(-c2noc(C3CCCN3c3ncccn3)n2)n1. The van der Waals surface area contributed by atoms with Crippen LogP contribution in [0.4, 0.5) is 5.95 Å². The molecule has 0 amide bonds. The fourth-order valence-electron chi connectivity index (χ4n) is 2.71. The van der Waals surface area contributed by atoms with Gasteiger partial charge in [0.15, 0.2) is 0 Å². The molecule has 1 atom stereocenters. The van der Waals surface area contributed by atoms with E-state index in [-0.39, 0.29) is 6.04 Å². The van der Waals surface area contributed by atoms with Gasteiger partial charge >= 0.3 is 0 Å². The van der Waals surface area contributed by atoms with Crippen LogP contribution in [0.15, 0.2) is 35.2 Å². The van der Waals surface area contributed by atoms with E-state index >= 15 is 0 Å². The highest BCUT2D eigenvalue weighted by Gasteiger charge is 2.32. The fourth-order valence-corrected chi connectivity index (χ4v) is 2.71. The number of anilines is 1. The Morgan fingerprint density at radius 3 is 2.91 bits per heavy atom. The van der Waals surface area contributed by atoms with Gasteiger partial charge in [-0.2, -0.15) is 10.1 Å². The molecule has 0 N–H and O–H groups in total. The maximum absolute atomic E-state index is 5.46. The minimum absolute atomic E-state index is 0.0207. The van der Waals surface area contributed by atoms with Crippen LogP contribution in [0.2, 0.25) is 0 Å². The number of hydrogen-bond donors (Lipinski definition) is 0. The standard InChI is InChI=1S/C14H15N7O/c1-20-9-5-10(18-20)12-17-13(22-19-12)11-4-2-8-21(11)14-15-6-3-7-16-14/h3,5-7,9,11H,2,4,8H2,1H3. The molecule has 4 rings (SSSR count). The van der Waals surface area contributed by atoms with E-state index in [1.807, 2.05) is 19.3 Å². The van der Waals surface area contributed by atoms with Crippen molar-refractivity contribution in [2.24, 2.45) is 7.05 Å². The average molecular weight is 297 g/mol. The summed E-state index contributed by atoms with van der Waals surface area (Å²) in [4.78, 5) is 15.2. The molecule has 22 heavy (non-hydrogen) atoms. The van der Waals surface area contributed by atoms with Gasteiger partial charge in [-0.3, -0.25) is 4.68 Å². The minimum Gasteiger partial charge on any atom is -0.337 e. The zero-order valence-corrected chi connectivity index (χ0v) is 12.1. The molecule has 0 bridgehead atoms. The molecule has 0 aliphatic carbocycles. The Bertz CT molecular complexity index is 766. The van der Waals surface area contributed by atoms with Crippen LogP contribution in [0.3, 0.4) is 0 Å². The summed E-state index contributed by atoms with van der Waals surface area (Å²) in [5.74, 6) is 1.80. The smallest absolute Gasteiger partial charge is 0.249 e. The van der Waals surface area contributed by atoms with Crippen molar-refractivity contribution < 1.29 is 4.52 Å². The van der Waals surface area contributed by atoms with Crippen LogP contribution in [0.25, 0.3) is 11.5 Å². The van der Waals surface area contributed by atoms with Crippen LogP contribution in [0, 0.1) is 0 Å². The molecule has 1 aliphatic heterocycles. The summed E-state index contributed by atoms with van der Waals surface area (Å²) < 4.78 is 7.17. The van der Waals surface area contributed by atoms with E-state index in [9.17, 15) is 0 Å². The number of nitrogens with zero attached hydrogens (tertiary/aromatic N) is 7. The Hall–Kier alpha value is -2.77. The second-order valence-electron chi connectivity index (χ2n) is 5.23. The van der Waals surface area contributed by atoms with E-state index in [2.05, 4.69) is 30.1 Å². The molecule has 112 valence electrons. The van der Waals surface area contributed by atoms with Gasteiger partial charge in [0.25, 0.3) is 0 Å². The molecule has 0 aromatic carbocycles. The molecular formula is C14H15N7O. The molecule has 1 fully saturated rings. The Morgan fingerprint density at radius 1 is 1.27 bits per heavy atom. The third-order valence-electron chi connectivity index (χ3n) is 3.73. The summed E-state index contributed by atoms with van der Waals surface area (Å²) in [5, 5.41) is 8.33. The molecule has 8 nitrogen and oxygen atoms in total. The number of aromatic nitrogens is 6. The van der Waals surface area contributed by atoms with Crippen LogP contribution >= 0.6 is 0 Å². The first-order chi connectivity index (χ1) is 10.8. The van der Waals surface area contributed by atoms with Crippen LogP contribution in [-0.4, -0.2) is 36.4 Å². The summed E-state index contributed by atoms with van der Waals surface area (Å²) >= 11 is 0. The van der Waals surface area contributed by atoms with Crippen molar-refractivity contribution in [2.45, 2.75) is 18.9 Å².